The molecule has 0 spiro atoms. The van der Waals surface area contributed by atoms with Gasteiger partial charge < -0.3 is 15.1 Å². The van der Waals surface area contributed by atoms with E-state index in [9.17, 15) is 4.79 Å². The van der Waals surface area contributed by atoms with Crippen LogP contribution in [0.1, 0.15) is 31.4 Å². The van der Waals surface area contributed by atoms with Gasteiger partial charge in [0.25, 0.3) is 0 Å². The highest BCUT2D eigenvalue weighted by Crippen LogP contribution is 2.48. The summed E-state index contributed by atoms with van der Waals surface area (Å²) >= 11 is 0. The Morgan fingerprint density at radius 3 is 2.76 bits per heavy atom. The molecule has 1 aromatic heterocycles. The van der Waals surface area contributed by atoms with Gasteiger partial charge in [-0.3, -0.25) is 4.79 Å². The smallest absolute Gasteiger partial charge is 0.230 e. The van der Waals surface area contributed by atoms with Gasteiger partial charge in [-0.25, -0.2) is 0 Å². The first-order valence-corrected chi connectivity index (χ1v) is 6.29. The fourth-order valence-corrected chi connectivity index (χ4v) is 2.28. The number of nitrogens with zero attached hydrogens (tertiary/aromatic N) is 1. The Hall–Kier alpha value is -1.29. The molecule has 0 saturated heterocycles. The maximum absolute atomic E-state index is 12.5. The van der Waals surface area contributed by atoms with Gasteiger partial charge in [-0.1, -0.05) is 0 Å². The molecule has 2 aliphatic rings. The van der Waals surface area contributed by atoms with Crippen LogP contribution in [0.3, 0.4) is 0 Å². The number of rotatable bonds is 5. The second-order valence-electron chi connectivity index (χ2n) is 5.23. The molecular formula is C13H18N2O2. The van der Waals surface area contributed by atoms with Crippen molar-refractivity contribution in [1.82, 2.24) is 4.90 Å². The van der Waals surface area contributed by atoms with E-state index in [1.807, 2.05) is 17.0 Å². The zero-order valence-corrected chi connectivity index (χ0v) is 9.89. The molecule has 2 aliphatic carbocycles. The minimum Gasteiger partial charge on any atom is -0.467 e. The van der Waals surface area contributed by atoms with E-state index in [-0.39, 0.29) is 11.3 Å². The third-order valence-electron chi connectivity index (χ3n) is 3.85. The summed E-state index contributed by atoms with van der Waals surface area (Å²) in [6, 6.07) is 4.20. The van der Waals surface area contributed by atoms with E-state index in [2.05, 4.69) is 0 Å². The van der Waals surface area contributed by atoms with Crippen molar-refractivity contribution in [1.29, 1.82) is 0 Å². The minimum atomic E-state index is -0.241. The maximum Gasteiger partial charge on any atom is 0.230 e. The first-order valence-electron chi connectivity index (χ1n) is 6.29. The lowest BCUT2D eigenvalue weighted by Gasteiger charge is -2.26. The van der Waals surface area contributed by atoms with E-state index in [1.54, 1.807) is 6.26 Å². The molecule has 0 unspecified atom stereocenters. The van der Waals surface area contributed by atoms with Crippen molar-refractivity contribution in [3.63, 3.8) is 0 Å². The van der Waals surface area contributed by atoms with Crippen LogP contribution in [0.5, 0.6) is 0 Å². The van der Waals surface area contributed by atoms with Crippen LogP contribution in [0.15, 0.2) is 22.8 Å². The van der Waals surface area contributed by atoms with Gasteiger partial charge in [-0.2, -0.15) is 0 Å². The molecule has 3 rings (SSSR count). The molecule has 2 N–H and O–H groups in total. The van der Waals surface area contributed by atoms with E-state index >= 15 is 0 Å². The van der Waals surface area contributed by atoms with Gasteiger partial charge in [0.1, 0.15) is 5.76 Å². The number of carbonyl (C=O) groups is 1. The lowest BCUT2D eigenvalue weighted by molar-refractivity contribution is -0.138. The molecule has 0 atom stereocenters. The lowest BCUT2D eigenvalue weighted by Crippen LogP contribution is -2.41. The molecule has 0 aromatic carbocycles. The van der Waals surface area contributed by atoms with E-state index in [0.717, 1.165) is 31.4 Å². The summed E-state index contributed by atoms with van der Waals surface area (Å²) in [6.07, 6.45) is 5.79. The van der Waals surface area contributed by atoms with Crippen molar-refractivity contribution in [3.05, 3.63) is 24.2 Å². The summed E-state index contributed by atoms with van der Waals surface area (Å²) in [4.78, 5) is 14.4. The molecule has 1 heterocycles. The van der Waals surface area contributed by atoms with Crippen LogP contribution in [0.4, 0.5) is 0 Å². The van der Waals surface area contributed by atoms with Crippen LogP contribution in [-0.2, 0) is 11.3 Å². The summed E-state index contributed by atoms with van der Waals surface area (Å²) < 4.78 is 5.33. The lowest BCUT2D eigenvalue weighted by atomic mass is 10.1. The monoisotopic (exact) mass is 234 g/mol. The van der Waals surface area contributed by atoms with Crippen molar-refractivity contribution in [3.8, 4) is 0 Å². The molecule has 0 aliphatic heterocycles. The molecule has 2 fully saturated rings. The van der Waals surface area contributed by atoms with Gasteiger partial charge >= 0.3 is 0 Å². The van der Waals surface area contributed by atoms with Gasteiger partial charge in [-0.15, -0.1) is 0 Å². The van der Waals surface area contributed by atoms with Crippen LogP contribution in [0.2, 0.25) is 0 Å². The standard InChI is InChI=1S/C13H18N2O2/c14-9-13(5-6-13)12(16)15(10-3-4-10)8-11-2-1-7-17-11/h1-2,7,10H,3-6,8-9,14H2. The van der Waals surface area contributed by atoms with Crippen LogP contribution in [0.25, 0.3) is 0 Å². The zero-order valence-electron chi connectivity index (χ0n) is 9.89. The highest BCUT2D eigenvalue weighted by molar-refractivity contribution is 5.86. The first kappa shape index (κ1) is 10.8. The number of nitrogens with two attached hydrogens (primary N) is 1. The molecule has 4 nitrogen and oxygen atoms in total. The van der Waals surface area contributed by atoms with E-state index in [1.165, 1.54) is 0 Å². The topological polar surface area (TPSA) is 59.5 Å². The van der Waals surface area contributed by atoms with Crippen molar-refractivity contribution >= 4 is 5.91 Å². The predicted octanol–water partition coefficient (Wildman–Crippen LogP) is 1.51. The Labute approximate surface area is 101 Å². The molecule has 92 valence electrons. The van der Waals surface area contributed by atoms with E-state index in [4.69, 9.17) is 10.2 Å². The normalized spacial score (nSPS) is 21.2. The first-order chi connectivity index (χ1) is 8.25. The van der Waals surface area contributed by atoms with Crippen LogP contribution in [-0.4, -0.2) is 23.4 Å². The fourth-order valence-electron chi connectivity index (χ4n) is 2.28. The molecule has 1 amide bonds. The largest absolute Gasteiger partial charge is 0.467 e. The number of amides is 1. The quantitative estimate of drug-likeness (QED) is 0.840. The molecule has 1 aromatic rings. The summed E-state index contributed by atoms with van der Waals surface area (Å²) in [7, 11) is 0. The van der Waals surface area contributed by atoms with E-state index in [0.29, 0.717) is 19.1 Å². The van der Waals surface area contributed by atoms with Crippen LogP contribution < -0.4 is 5.73 Å². The minimum absolute atomic E-state index is 0.235. The number of hydrogen-bond donors (Lipinski definition) is 1. The van der Waals surface area contributed by atoms with Gasteiger partial charge in [-0.05, 0) is 37.8 Å². The SMILES string of the molecule is NCC1(C(=O)N(Cc2ccco2)C2CC2)CC1. The second kappa shape index (κ2) is 3.88. The molecule has 0 radical (unpaired) electrons. The molecule has 0 bridgehead atoms. The summed E-state index contributed by atoms with van der Waals surface area (Å²) in [5.74, 6) is 1.09. The highest BCUT2D eigenvalue weighted by atomic mass is 16.3. The third-order valence-corrected chi connectivity index (χ3v) is 3.85. The molecule has 17 heavy (non-hydrogen) atoms. The Morgan fingerprint density at radius 2 is 2.29 bits per heavy atom. The third kappa shape index (κ3) is 1.97. The second-order valence-corrected chi connectivity index (χ2v) is 5.23. The van der Waals surface area contributed by atoms with Crippen molar-refractivity contribution in [2.75, 3.05) is 6.54 Å². The predicted molar refractivity (Wildman–Crippen MR) is 63.0 cm³/mol. The summed E-state index contributed by atoms with van der Waals surface area (Å²) in [5, 5.41) is 0. The fraction of sp³-hybridized carbons (Fsp3) is 0.615. The van der Waals surface area contributed by atoms with Gasteiger partial charge in [0, 0.05) is 12.6 Å². The number of furan rings is 1. The van der Waals surface area contributed by atoms with Crippen LogP contribution in [0, 0.1) is 5.41 Å². The van der Waals surface area contributed by atoms with Crippen LogP contribution >= 0.6 is 0 Å². The number of hydrogen-bond acceptors (Lipinski definition) is 3. The average Bonchev–Trinajstić information content (AvgIpc) is 3.26. The Balaban J connectivity index is 1.74. The Morgan fingerprint density at radius 1 is 1.53 bits per heavy atom. The summed E-state index contributed by atoms with van der Waals surface area (Å²) in [5.41, 5.74) is 5.49. The van der Waals surface area contributed by atoms with Gasteiger partial charge in [0.15, 0.2) is 0 Å². The molecule has 4 heteroatoms. The van der Waals surface area contributed by atoms with Gasteiger partial charge in [0.05, 0.1) is 18.2 Å². The Bertz CT molecular complexity index is 405. The summed E-state index contributed by atoms with van der Waals surface area (Å²) in [6.45, 7) is 1.07. The molecule has 2 saturated carbocycles. The number of carbonyl (C=O) groups excluding carboxylic acids is 1. The van der Waals surface area contributed by atoms with Crippen molar-refractivity contribution in [2.24, 2.45) is 11.1 Å². The maximum atomic E-state index is 12.5. The average molecular weight is 234 g/mol. The van der Waals surface area contributed by atoms with Crippen molar-refractivity contribution < 1.29 is 9.21 Å². The zero-order chi connectivity index (χ0) is 11.9. The van der Waals surface area contributed by atoms with Gasteiger partial charge in [0.2, 0.25) is 5.91 Å². The molecular weight excluding hydrogens is 216 g/mol. The highest BCUT2D eigenvalue weighted by Gasteiger charge is 2.52. The van der Waals surface area contributed by atoms with E-state index < -0.39 is 0 Å². The Kier molecular flexibility index (Phi) is 2.47. The van der Waals surface area contributed by atoms with Crippen molar-refractivity contribution in [2.45, 2.75) is 38.3 Å².